The van der Waals surface area contributed by atoms with Gasteiger partial charge in [0.05, 0.1) is 0 Å². The van der Waals surface area contributed by atoms with Crippen molar-refractivity contribution >= 4 is 0 Å². The second-order valence-electron chi connectivity index (χ2n) is 4.84. The lowest BCUT2D eigenvalue weighted by Gasteiger charge is -2.18. The van der Waals surface area contributed by atoms with E-state index in [0.717, 1.165) is 6.54 Å². The maximum absolute atomic E-state index is 3.61. The van der Waals surface area contributed by atoms with Crippen LogP contribution in [0.1, 0.15) is 36.9 Å². The monoisotopic (exact) mass is 218 g/mol. The van der Waals surface area contributed by atoms with Crippen LogP contribution in [-0.4, -0.2) is 19.1 Å². The van der Waals surface area contributed by atoms with E-state index in [1.807, 2.05) is 0 Å². The molecule has 0 spiro atoms. The Morgan fingerprint density at radius 3 is 3.06 bits per heavy atom. The van der Waals surface area contributed by atoms with Crippen LogP contribution < -0.4 is 10.6 Å². The second kappa shape index (κ2) is 5.46. The van der Waals surface area contributed by atoms with Crippen LogP contribution in [0.25, 0.3) is 0 Å². The summed E-state index contributed by atoms with van der Waals surface area (Å²) in [6.45, 7) is 6.65. The van der Waals surface area contributed by atoms with Crippen molar-refractivity contribution in [3.63, 3.8) is 0 Å². The van der Waals surface area contributed by atoms with Crippen LogP contribution in [0.2, 0.25) is 0 Å². The SMILES string of the molecule is Cc1cccc([C@H](C)NCC2CCCN2)c1. The minimum Gasteiger partial charge on any atom is -0.313 e. The van der Waals surface area contributed by atoms with E-state index >= 15 is 0 Å². The molecule has 2 atom stereocenters. The molecule has 2 N–H and O–H groups in total. The Morgan fingerprint density at radius 2 is 2.38 bits per heavy atom. The molecule has 1 fully saturated rings. The van der Waals surface area contributed by atoms with Crippen molar-refractivity contribution in [3.05, 3.63) is 35.4 Å². The molecule has 0 radical (unpaired) electrons. The summed E-state index contributed by atoms with van der Waals surface area (Å²) in [5.41, 5.74) is 2.73. The molecule has 0 saturated carbocycles. The van der Waals surface area contributed by atoms with Gasteiger partial charge in [-0.3, -0.25) is 0 Å². The predicted octanol–water partition coefficient (Wildman–Crippen LogP) is 2.40. The topological polar surface area (TPSA) is 24.1 Å². The summed E-state index contributed by atoms with van der Waals surface area (Å²) in [6.07, 6.45) is 2.64. The summed E-state index contributed by atoms with van der Waals surface area (Å²) in [4.78, 5) is 0. The Bertz CT molecular complexity index is 329. The van der Waals surface area contributed by atoms with Gasteiger partial charge in [-0.2, -0.15) is 0 Å². The lowest BCUT2D eigenvalue weighted by molar-refractivity contribution is 0.489. The molecule has 1 saturated heterocycles. The highest BCUT2D eigenvalue weighted by molar-refractivity contribution is 5.24. The van der Waals surface area contributed by atoms with E-state index in [4.69, 9.17) is 0 Å². The molecule has 2 nitrogen and oxygen atoms in total. The fourth-order valence-corrected chi connectivity index (χ4v) is 2.31. The number of benzene rings is 1. The van der Waals surface area contributed by atoms with Crippen LogP contribution in [0.15, 0.2) is 24.3 Å². The highest BCUT2D eigenvalue weighted by Gasteiger charge is 2.14. The molecule has 2 rings (SSSR count). The summed E-state index contributed by atoms with van der Waals surface area (Å²) in [5, 5.41) is 7.12. The Kier molecular flexibility index (Phi) is 3.97. The van der Waals surface area contributed by atoms with E-state index < -0.39 is 0 Å². The molecule has 1 heterocycles. The van der Waals surface area contributed by atoms with Crippen LogP contribution in [0.4, 0.5) is 0 Å². The molecule has 2 heteroatoms. The lowest BCUT2D eigenvalue weighted by Crippen LogP contribution is -2.35. The zero-order chi connectivity index (χ0) is 11.4. The van der Waals surface area contributed by atoms with E-state index in [1.165, 1.54) is 30.5 Å². The minimum absolute atomic E-state index is 0.447. The predicted molar refractivity (Wildman–Crippen MR) is 68.6 cm³/mol. The second-order valence-corrected chi connectivity index (χ2v) is 4.84. The maximum atomic E-state index is 3.61. The normalized spacial score (nSPS) is 22.2. The number of aryl methyl sites for hydroxylation is 1. The highest BCUT2D eigenvalue weighted by Crippen LogP contribution is 2.14. The fraction of sp³-hybridized carbons (Fsp3) is 0.571. The lowest BCUT2D eigenvalue weighted by atomic mass is 10.1. The first-order valence-corrected chi connectivity index (χ1v) is 6.29. The van der Waals surface area contributed by atoms with Gasteiger partial charge >= 0.3 is 0 Å². The number of rotatable bonds is 4. The molecule has 0 aliphatic carbocycles. The van der Waals surface area contributed by atoms with Crippen molar-refractivity contribution < 1.29 is 0 Å². The van der Waals surface area contributed by atoms with Gasteiger partial charge in [-0.25, -0.2) is 0 Å². The fourth-order valence-electron chi connectivity index (χ4n) is 2.31. The molecule has 0 bridgehead atoms. The zero-order valence-corrected chi connectivity index (χ0v) is 10.3. The quantitative estimate of drug-likeness (QED) is 0.811. The Balaban J connectivity index is 1.85. The molecule has 0 aromatic heterocycles. The first-order chi connectivity index (χ1) is 7.75. The summed E-state index contributed by atoms with van der Waals surface area (Å²) in [5.74, 6) is 0. The molecule has 1 aromatic carbocycles. The summed E-state index contributed by atoms with van der Waals surface area (Å²) >= 11 is 0. The van der Waals surface area contributed by atoms with Gasteiger partial charge in [0.1, 0.15) is 0 Å². The first kappa shape index (κ1) is 11.6. The number of hydrogen-bond acceptors (Lipinski definition) is 2. The van der Waals surface area contributed by atoms with Gasteiger partial charge in [-0.1, -0.05) is 29.8 Å². The molecule has 1 aromatic rings. The van der Waals surface area contributed by atoms with Crippen molar-refractivity contribution in [3.8, 4) is 0 Å². The Hall–Kier alpha value is -0.860. The van der Waals surface area contributed by atoms with Crippen LogP contribution in [-0.2, 0) is 0 Å². The van der Waals surface area contributed by atoms with Gasteiger partial charge in [0.25, 0.3) is 0 Å². The molecule has 1 aliphatic rings. The molecular weight excluding hydrogens is 196 g/mol. The van der Waals surface area contributed by atoms with E-state index in [-0.39, 0.29) is 0 Å². The van der Waals surface area contributed by atoms with E-state index in [0.29, 0.717) is 12.1 Å². The largest absolute Gasteiger partial charge is 0.313 e. The standard InChI is InChI=1S/C14H22N2/c1-11-5-3-6-13(9-11)12(2)16-10-14-7-4-8-15-14/h3,5-6,9,12,14-16H,4,7-8,10H2,1-2H3/t12-,14?/m0/s1. The Morgan fingerprint density at radius 1 is 1.50 bits per heavy atom. The van der Waals surface area contributed by atoms with Gasteiger partial charge in [0, 0.05) is 18.6 Å². The van der Waals surface area contributed by atoms with Crippen molar-refractivity contribution in [2.45, 2.75) is 38.8 Å². The molecule has 1 unspecified atom stereocenters. The number of hydrogen-bond donors (Lipinski definition) is 2. The molecular formula is C14H22N2. The third-order valence-corrected chi connectivity index (χ3v) is 3.37. The van der Waals surface area contributed by atoms with Gasteiger partial charge in [0.2, 0.25) is 0 Å². The van der Waals surface area contributed by atoms with Crippen molar-refractivity contribution in [2.75, 3.05) is 13.1 Å². The summed E-state index contributed by atoms with van der Waals surface area (Å²) in [6, 6.07) is 9.87. The average Bonchev–Trinajstić information content (AvgIpc) is 2.78. The van der Waals surface area contributed by atoms with Crippen molar-refractivity contribution in [1.82, 2.24) is 10.6 Å². The van der Waals surface area contributed by atoms with Crippen LogP contribution >= 0.6 is 0 Å². The van der Waals surface area contributed by atoms with Crippen molar-refractivity contribution in [1.29, 1.82) is 0 Å². The van der Waals surface area contributed by atoms with Gasteiger partial charge in [-0.15, -0.1) is 0 Å². The molecule has 1 aliphatic heterocycles. The number of nitrogens with one attached hydrogen (secondary N) is 2. The maximum Gasteiger partial charge on any atom is 0.0292 e. The third kappa shape index (κ3) is 3.06. The van der Waals surface area contributed by atoms with E-state index in [2.05, 4.69) is 48.7 Å². The van der Waals surface area contributed by atoms with Gasteiger partial charge < -0.3 is 10.6 Å². The molecule has 0 amide bonds. The van der Waals surface area contributed by atoms with Gasteiger partial charge in [0.15, 0.2) is 0 Å². The molecule has 16 heavy (non-hydrogen) atoms. The highest BCUT2D eigenvalue weighted by atomic mass is 15.0. The zero-order valence-electron chi connectivity index (χ0n) is 10.3. The van der Waals surface area contributed by atoms with Gasteiger partial charge in [-0.05, 0) is 38.8 Å². The Labute approximate surface area is 98.4 Å². The van der Waals surface area contributed by atoms with Crippen LogP contribution in [0.3, 0.4) is 0 Å². The van der Waals surface area contributed by atoms with E-state index in [1.54, 1.807) is 0 Å². The van der Waals surface area contributed by atoms with Crippen molar-refractivity contribution in [2.24, 2.45) is 0 Å². The van der Waals surface area contributed by atoms with Crippen LogP contribution in [0, 0.1) is 6.92 Å². The minimum atomic E-state index is 0.447. The third-order valence-electron chi connectivity index (χ3n) is 3.37. The van der Waals surface area contributed by atoms with E-state index in [9.17, 15) is 0 Å². The smallest absolute Gasteiger partial charge is 0.0292 e. The van der Waals surface area contributed by atoms with Crippen LogP contribution in [0.5, 0.6) is 0 Å². The first-order valence-electron chi connectivity index (χ1n) is 6.29. The summed E-state index contributed by atoms with van der Waals surface area (Å²) < 4.78 is 0. The summed E-state index contributed by atoms with van der Waals surface area (Å²) in [7, 11) is 0. The molecule has 88 valence electrons. The average molecular weight is 218 g/mol.